The summed E-state index contributed by atoms with van der Waals surface area (Å²) in [5, 5.41) is 18.0. The van der Waals surface area contributed by atoms with Crippen LogP contribution in [0.1, 0.15) is 47.0 Å². The lowest BCUT2D eigenvalue weighted by molar-refractivity contribution is -0.119. The van der Waals surface area contributed by atoms with Gasteiger partial charge in [-0.15, -0.1) is 11.3 Å². The zero-order chi connectivity index (χ0) is 26.2. The van der Waals surface area contributed by atoms with E-state index in [1.54, 1.807) is 32.0 Å². The van der Waals surface area contributed by atoms with Crippen LogP contribution < -0.4 is 30.7 Å². The van der Waals surface area contributed by atoms with E-state index in [4.69, 9.17) is 0 Å². The molecule has 192 valence electrons. The molecule has 0 radical (unpaired) electrons. The highest BCUT2D eigenvalue weighted by atomic mass is 32.1. The Morgan fingerprint density at radius 3 is 2.56 bits per heavy atom. The molecule has 0 aromatic carbocycles. The zero-order valence-corrected chi connectivity index (χ0v) is 21.9. The fourth-order valence-corrected chi connectivity index (χ4v) is 5.38. The number of nitrogens with one attached hydrogen (secondary N) is 3. The maximum absolute atomic E-state index is 12.9. The number of anilines is 2. The maximum atomic E-state index is 12.9. The van der Waals surface area contributed by atoms with E-state index in [1.165, 1.54) is 17.2 Å². The average Bonchev–Trinajstić information content (AvgIpc) is 3.16. The summed E-state index contributed by atoms with van der Waals surface area (Å²) in [4.78, 5) is 44.4. The molecule has 2 aromatic rings. The number of pyridine rings is 1. The molecule has 1 saturated heterocycles. The molecular weight excluding hydrogens is 478 g/mol. The molecule has 2 unspecified atom stereocenters. The number of thiazole rings is 1. The third kappa shape index (κ3) is 6.38. The summed E-state index contributed by atoms with van der Waals surface area (Å²) in [5.74, 6) is 0.215. The Hall–Kier alpha value is -3.49. The van der Waals surface area contributed by atoms with Gasteiger partial charge in [-0.25, -0.2) is 4.98 Å². The van der Waals surface area contributed by atoms with Crippen molar-refractivity contribution in [1.29, 1.82) is 5.26 Å². The first-order chi connectivity index (χ1) is 17.3. The fraction of sp³-hybridized carbons (Fsp3) is 0.480. The van der Waals surface area contributed by atoms with Crippen molar-refractivity contribution >= 4 is 46.6 Å². The number of amides is 2. The van der Waals surface area contributed by atoms with Gasteiger partial charge < -0.3 is 16.0 Å². The summed E-state index contributed by atoms with van der Waals surface area (Å²) in [6.07, 6.45) is 4.86. The summed E-state index contributed by atoms with van der Waals surface area (Å²) in [5.41, 5.74) is -0.406. The minimum Gasteiger partial charge on any atom is -0.352 e. The summed E-state index contributed by atoms with van der Waals surface area (Å²) in [6.45, 7) is 8.84. The largest absolute Gasteiger partial charge is 0.352 e. The fourth-order valence-electron chi connectivity index (χ4n) is 4.30. The number of carbonyl (C=O) groups is 2. The topological polar surface area (TPSA) is 132 Å². The standard InChI is InChI=1S/C25H33N7O3S/c1-5-27-23(34)18(13-26)25-31(6-2)24(35)19(36-25)14-28-20-11-8-12-21(29-20)30-22(33)15-32-16(3)9-7-10-17(32)4/h8,11-12,14,16-17H,5-7,9-10,15H2,1-4H3,(H,27,34)(H2,28,29,30,33)/b19-14+,25-18-. The SMILES string of the molecule is CCNC(=O)/C(C#N)=c1\s/c(=C/Nc2cccc(NC(=O)CN3C(C)CCCC3C)n2)c(=O)n1CC. The third-order valence-corrected chi connectivity index (χ3v) is 7.31. The van der Waals surface area contributed by atoms with Crippen LogP contribution >= 0.6 is 11.3 Å². The van der Waals surface area contributed by atoms with Crippen LogP contribution in [0.3, 0.4) is 0 Å². The van der Waals surface area contributed by atoms with Crippen LogP contribution in [0, 0.1) is 11.3 Å². The highest BCUT2D eigenvalue weighted by molar-refractivity contribution is 7.07. The number of hydrogen-bond donors (Lipinski definition) is 3. The average molecular weight is 512 g/mol. The van der Waals surface area contributed by atoms with Gasteiger partial charge in [0.2, 0.25) is 5.91 Å². The Morgan fingerprint density at radius 1 is 1.22 bits per heavy atom. The second-order valence-electron chi connectivity index (χ2n) is 8.71. The number of aromatic nitrogens is 2. The molecule has 3 rings (SSSR count). The Balaban J connectivity index is 1.80. The lowest BCUT2D eigenvalue weighted by atomic mass is 9.97. The van der Waals surface area contributed by atoms with Gasteiger partial charge in [-0.05, 0) is 52.7 Å². The normalized spacial score (nSPS) is 19.4. The first-order valence-corrected chi connectivity index (χ1v) is 13.0. The molecular formula is C25H33N7O3S. The second-order valence-corrected chi connectivity index (χ2v) is 9.74. The van der Waals surface area contributed by atoms with Crippen LogP contribution in [0.2, 0.25) is 0 Å². The van der Waals surface area contributed by atoms with E-state index in [1.807, 2.05) is 6.07 Å². The molecule has 10 nitrogen and oxygen atoms in total. The van der Waals surface area contributed by atoms with Crippen molar-refractivity contribution in [2.45, 2.75) is 65.6 Å². The molecule has 3 N–H and O–H groups in total. The number of nitrogens with zero attached hydrogens (tertiary/aromatic N) is 4. The van der Waals surface area contributed by atoms with Gasteiger partial charge in [0.25, 0.3) is 11.5 Å². The van der Waals surface area contributed by atoms with Crippen LogP contribution in [0.5, 0.6) is 0 Å². The third-order valence-electron chi connectivity index (χ3n) is 6.18. The lowest BCUT2D eigenvalue weighted by Crippen LogP contribution is -2.47. The molecule has 36 heavy (non-hydrogen) atoms. The molecule has 0 spiro atoms. The van der Waals surface area contributed by atoms with E-state index in [0.29, 0.717) is 52.5 Å². The predicted molar refractivity (Wildman–Crippen MR) is 142 cm³/mol. The molecule has 2 atom stereocenters. The van der Waals surface area contributed by atoms with Crippen LogP contribution in [0.15, 0.2) is 23.0 Å². The minimum atomic E-state index is -0.513. The minimum absolute atomic E-state index is 0.0966. The van der Waals surface area contributed by atoms with Gasteiger partial charge in [0.05, 0.1) is 6.54 Å². The molecule has 1 fully saturated rings. The highest BCUT2D eigenvalue weighted by Gasteiger charge is 2.26. The van der Waals surface area contributed by atoms with Crippen molar-refractivity contribution in [3.63, 3.8) is 0 Å². The van der Waals surface area contributed by atoms with Crippen LogP contribution in [-0.4, -0.2) is 51.4 Å². The molecule has 2 aromatic heterocycles. The highest BCUT2D eigenvalue weighted by Crippen LogP contribution is 2.22. The molecule has 0 bridgehead atoms. The van der Waals surface area contributed by atoms with Gasteiger partial charge in [-0.1, -0.05) is 12.5 Å². The van der Waals surface area contributed by atoms with E-state index in [-0.39, 0.29) is 17.0 Å². The molecule has 11 heteroatoms. The van der Waals surface area contributed by atoms with Crippen molar-refractivity contribution in [2.75, 3.05) is 23.7 Å². The first kappa shape index (κ1) is 27.1. The van der Waals surface area contributed by atoms with Gasteiger partial charge in [-0.3, -0.25) is 23.9 Å². The van der Waals surface area contributed by atoms with Gasteiger partial charge in [-0.2, -0.15) is 5.26 Å². The van der Waals surface area contributed by atoms with Crippen molar-refractivity contribution in [3.05, 3.63) is 37.7 Å². The number of rotatable bonds is 8. The van der Waals surface area contributed by atoms with Crippen LogP contribution in [-0.2, 0) is 16.1 Å². The monoisotopic (exact) mass is 511 g/mol. The summed E-state index contributed by atoms with van der Waals surface area (Å²) >= 11 is 1.06. The second kappa shape index (κ2) is 12.5. The summed E-state index contributed by atoms with van der Waals surface area (Å²) in [6, 6.07) is 7.83. The Kier molecular flexibility index (Phi) is 9.38. The molecule has 1 aliphatic rings. The quantitative estimate of drug-likeness (QED) is 0.485. The first-order valence-electron chi connectivity index (χ1n) is 12.2. The molecule has 0 aliphatic carbocycles. The van der Waals surface area contributed by atoms with Crippen molar-refractivity contribution in [1.82, 2.24) is 19.8 Å². The smallest absolute Gasteiger partial charge is 0.270 e. The molecule has 3 heterocycles. The van der Waals surface area contributed by atoms with E-state index in [0.717, 1.165) is 24.2 Å². The van der Waals surface area contributed by atoms with Crippen LogP contribution in [0.4, 0.5) is 11.6 Å². The van der Waals surface area contributed by atoms with E-state index in [2.05, 4.69) is 39.7 Å². The Bertz CT molecular complexity index is 1310. The zero-order valence-electron chi connectivity index (χ0n) is 21.1. The number of piperidine rings is 1. The van der Waals surface area contributed by atoms with Gasteiger partial charge >= 0.3 is 0 Å². The predicted octanol–water partition coefficient (Wildman–Crippen LogP) is 1.19. The van der Waals surface area contributed by atoms with Crippen LogP contribution in [0.25, 0.3) is 11.8 Å². The number of carbonyl (C=O) groups excluding carboxylic acids is 2. The van der Waals surface area contributed by atoms with Gasteiger partial charge in [0, 0.05) is 31.4 Å². The number of hydrogen-bond acceptors (Lipinski definition) is 8. The molecule has 0 saturated carbocycles. The van der Waals surface area contributed by atoms with E-state index < -0.39 is 5.91 Å². The van der Waals surface area contributed by atoms with Gasteiger partial charge in [0.1, 0.15) is 26.9 Å². The number of nitriles is 1. The summed E-state index contributed by atoms with van der Waals surface area (Å²) < 4.78 is 2.03. The Labute approximate surface area is 214 Å². The van der Waals surface area contributed by atoms with Crippen molar-refractivity contribution in [3.8, 4) is 6.07 Å². The summed E-state index contributed by atoms with van der Waals surface area (Å²) in [7, 11) is 0. The maximum Gasteiger partial charge on any atom is 0.270 e. The Morgan fingerprint density at radius 2 is 1.92 bits per heavy atom. The van der Waals surface area contributed by atoms with E-state index >= 15 is 0 Å². The molecule has 2 amide bonds. The molecule has 1 aliphatic heterocycles. The lowest BCUT2D eigenvalue weighted by Gasteiger charge is -2.38. The van der Waals surface area contributed by atoms with Crippen molar-refractivity contribution < 1.29 is 9.59 Å². The number of likely N-dealkylation sites (tertiary alicyclic amines) is 1. The van der Waals surface area contributed by atoms with Gasteiger partial charge in [0.15, 0.2) is 5.57 Å². The van der Waals surface area contributed by atoms with E-state index in [9.17, 15) is 19.6 Å². The van der Waals surface area contributed by atoms with Crippen molar-refractivity contribution in [2.24, 2.45) is 0 Å².